The van der Waals surface area contributed by atoms with Gasteiger partial charge in [-0.05, 0) is 24.3 Å². The number of benzene rings is 2. The normalized spacial score (nSPS) is 10.3. The molecular formula is C12H6BrF2NO3. The summed E-state index contributed by atoms with van der Waals surface area (Å²) in [6.07, 6.45) is 0. The van der Waals surface area contributed by atoms with Crippen molar-refractivity contribution in [3.63, 3.8) is 0 Å². The summed E-state index contributed by atoms with van der Waals surface area (Å²) >= 11 is 3.08. The molecule has 0 N–H and O–H groups in total. The predicted molar refractivity (Wildman–Crippen MR) is 67.2 cm³/mol. The van der Waals surface area contributed by atoms with Crippen molar-refractivity contribution in [1.29, 1.82) is 0 Å². The van der Waals surface area contributed by atoms with Gasteiger partial charge in [-0.1, -0.05) is 22.0 Å². The molecule has 7 heteroatoms. The standard InChI is InChI=1S/C12H6BrF2NO3/c13-7-4-5-10(9(6-7)16(17)18)19-11-3-1-2-8(14)12(11)15/h1-6H. The molecule has 0 unspecified atom stereocenters. The Labute approximate surface area is 114 Å². The van der Waals surface area contributed by atoms with E-state index in [2.05, 4.69) is 15.9 Å². The summed E-state index contributed by atoms with van der Waals surface area (Å²) < 4.78 is 32.0. The highest BCUT2D eigenvalue weighted by molar-refractivity contribution is 9.10. The van der Waals surface area contributed by atoms with Crippen LogP contribution in [0.3, 0.4) is 0 Å². The second-order valence-electron chi connectivity index (χ2n) is 3.52. The van der Waals surface area contributed by atoms with Crippen molar-refractivity contribution in [2.24, 2.45) is 0 Å². The number of hydrogen-bond acceptors (Lipinski definition) is 3. The summed E-state index contributed by atoms with van der Waals surface area (Å²) in [6.45, 7) is 0. The minimum Gasteiger partial charge on any atom is -0.447 e. The van der Waals surface area contributed by atoms with E-state index in [0.717, 1.165) is 6.07 Å². The summed E-state index contributed by atoms with van der Waals surface area (Å²) in [4.78, 5) is 10.2. The van der Waals surface area contributed by atoms with E-state index in [1.54, 1.807) is 0 Å². The smallest absolute Gasteiger partial charge is 0.312 e. The Bertz CT molecular complexity index is 649. The van der Waals surface area contributed by atoms with Crippen molar-refractivity contribution < 1.29 is 18.4 Å². The number of hydrogen-bond donors (Lipinski definition) is 0. The molecule has 0 saturated carbocycles. The quantitative estimate of drug-likeness (QED) is 0.618. The Hall–Kier alpha value is -2.02. The fourth-order valence-electron chi connectivity index (χ4n) is 1.40. The molecule has 0 bridgehead atoms. The molecule has 2 aromatic rings. The average molecular weight is 330 g/mol. The summed E-state index contributed by atoms with van der Waals surface area (Å²) in [5, 5.41) is 10.9. The zero-order valence-electron chi connectivity index (χ0n) is 9.27. The Kier molecular flexibility index (Phi) is 3.75. The number of rotatable bonds is 3. The van der Waals surface area contributed by atoms with Crippen molar-refractivity contribution >= 4 is 21.6 Å². The molecule has 0 spiro atoms. The van der Waals surface area contributed by atoms with E-state index < -0.39 is 22.3 Å². The first kappa shape index (κ1) is 13.4. The van der Waals surface area contributed by atoms with Crippen LogP contribution in [0.1, 0.15) is 0 Å². The van der Waals surface area contributed by atoms with Crippen molar-refractivity contribution in [1.82, 2.24) is 0 Å². The molecule has 0 amide bonds. The van der Waals surface area contributed by atoms with Crippen LogP contribution in [-0.2, 0) is 0 Å². The first-order valence-electron chi connectivity index (χ1n) is 5.05. The number of halogens is 3. The van der Waals surface area contributed by atoms with Gasteiger partial charge in [-0.3, -0.25) is 10.1 Å². The molecule has 2 aromatic carbocycles. The van der Waals surface area contributed by atoms with Crippen LogP contribution in [0.4, 0.5) is 14.5 Å². The van der Waals surface area contributed by atoms with Crippen LogP contribution in [0, 0.1) is 21.7 Å². The second-order valence-corrected chi connectivity index (χ2v) is 4.44. The fourth-order valence-corrected chi connectivity index (χ4v) is 1.75. The lowest BCUT2D eigenvalue weighted by atomic mass is 10.3. The minimum absolute atomic E-state index is 0.169. The monoisotopic (exact) mass is 329 g/mol. The van der Waals surface area contributed by atoms with Crippen LogP contribution in [0.2, 0.25) is 0 Å². The van der Waals surface area contributed by atoms with Gasteiger partial charge < -0.3 is 4.74 Å². The molecule has 0 aliphatic heterocycles. The molecule has 0 fully saturated rings. The molecule has 0 radical (unpaired) electrons. The predicted octanol–water partition coefficient (Wildman–Crippen LogP) is 4.43. The van der Waals surface area contributed by atoms with Crippen LogP contribution in [-0.4, -0.2) is 4.92 Å². The SMILES string of the molecule is O=[N+]([O-])c1cc(Br)ccc1Oc1cccc(F)c1F. The summed E-state index contributed by atoms with van der Waals surface area (Å²) in [5.74, 6) is -2.86. The van der Waals surface area contributed by atoms with Crippen LogP contribution >= 0.6 is 15.9 Å². The van der Waals surface area contributed by atoms with Gasteiger partial charge in [-0.15, -0.1) is 0 Å². The highest BCUT2D eigenvalue weighted by Crippen LogP contribution is 2.34. The molecule has 0 saturated heterocycles. The van der Waals surface area contributed by atoms with Gasteiger partial charge in [0.1, 0.15) is 0 Å². The van der Waals surface area contributed by atoms with Gasteiger partial charge in [0.25, 0.3) is 0 Å². The lowest BCUT2D eigenvalue weighted by molar-refractivity contribution is -0.385. The Morgan fingerprint density at radius 2 is 1.89 bits per heavy atom. The number of nitro benzene ring substituents is 1. The van der Waals surface area contributed by atoms with Gasteiger partial charge in [0.05, 0.1) is 4.92 Å². The fraction of sp³-hybridized carbons (Fsp3) is 0. The molecule has 0 atom stereocenters. The third-order valence-electron chi connectivity index (χ3n) is 2.25. The maximum absolute atomic E-state index is 13.4. The van der Waals surface area contributed by atoms with Gasteiger partial charge in [-0.2, -0.15) is 4.39 Å². The van der Waals surface area contributed by atoms with Crippen LogP contribution in [0.25, 0.3) is 0 Å². The van der Waals surface area contributed by atoms with Crippen molar-refractivity contribution in [3.05, 3.63) is 62.6 Å². The molecule has 0 aromatic heterocycles. The minimum atomic E-state index is -1.19. The third kappa shape index (κ3) is 2.87. The van der Waals surface area contributed by atoms with Crippen molar-refractivity contribution in [3.8, 4) is 11.5 Å². The highest BCUT2D eigenvalue weighted by atomic mass is 79.9. The first-order valence-corrected chi connectivity index (χ1v) is 5.84. The summed E-state index contributed by atoms with van der Waals surface area (Å²) in [5.41, 5.74) is -0.349. The maximum Gasteiger partial charge on any atom is 0.312 e. The van der Waals surface area contributed by atoms with Crippen molar-refractivity contribution in [2.75, 3.05) is 0 Å². The largest absolute Gasteiger partial charge is 0.447 e. The lowest BCUT2D eigenvalue weighted by Crippen LogP contribution is -1.96. The van der Waals surface area contributed by atoms with E-state index in [1.807, 2.05) is 0 Å². The summed E-state index contributed by atoms with van der Waals surface area (Å²) in [6, 6.07) is 7.37. The zero-order valence-corrected chi connectivity index (χ0v) is 10.9. The Balaban J connectivity index is 2.44. The average Bonchev–Trinajstić information content (AvgIpc) is 2.36. The molecule has 98 valence electrons. The van der Waals surface area contributed by atoms with E-state index in [-0.39, 0.29) is 11.4 Å². The Morgan fingerprint density at radius 1 is 1.16 bits per heavy atom. The molecule has 0 aliphatic carbocycles. The van der Waals surface area contributed by atoms with Gasteiger partial charge in [0.15, 0.2) is 11.6 Å². The summed E-state index contributed by atoms with van der Waals surface area (Å²) in [7, 11) is 0. The molecule has 4 nitrogen and oxygen atoms in total. The van der Waals surface area contributed by atoms with Gasteiger partial charge in [0, 0.05) is 10.5 Å². The van der Waals surface area contributed by atoms with Gasteiger partial charge in [-0.25, -0.2) is 4.39 Å². The zero-order chi connectivity index (χ0) is 14.0. The van der Waals surface area contributed by atoms with Gasteiger partial charge in [0.2, 0.25) is 11.6 Å². The van der Waals surface area contributed by atoms with Crippen LogP contribution in [0.5, 0.6) is 11.5 Å². The van der Waals surface area contributed by atoms with E-state index in [1.165, 1.54) is 30.3 Å². The molecule has 0 heterocycles. The van der Waals surface area contributed by atoms with E-state index in [0.29, 0.717) is 4.47 Å². The molecular weight excluding hydrogens is 324 g/mol. The highest BCUT2D eigenvalue weighted by Gasteiger charge is 2.18. The molecule has 19 heavy (non-hydrogen) atoms. The number of nitro groups is 1. The third-order valence-corrected chi connectivity index (χ3v) is 2.75. The topological polar surface area (TPSA) is 52.4 Å². The first-order chi connectivity index (χ1) is 8.99. The van der Waals surface area contributed by atoms with Crippen molar-refractivity contribution in [2.45, 2.75) is 0 Å². The van der Waals surface area contributed by atoms with Crippen LogP contribution in [0.15, 0.2) is 40.9 Å². The number of ether oxygens (including phenoxy) is 1. The van der Waals surface area contributed by atoms with Crippen LogP contribution < -0.4 is 4.74 Å². The van der Waals surface area contributed by atoms with E-state index in [4.69, 9.17) is 4.74 Å². The molecule has 0 aliphatic rings. The number of nitrogens with zero attached hydrogens (tertiary/aromatic N) is 1. The van der Waals surface area contributed by atoms with E-state index >= 15 is 0 Å². The lowest BCUT2D eigenvalue weighted by Gasteiger charge is -2.07. The second kappa shape index (κ2) is 5.31. The van der Waals surface area contributed by atoms with E-state index in [9.17, 15) is 18.9 Å². The Morgan fingerprint density at radius 3 is 2.58 bits per heavy atom. The van der Waals surface area contributed by atoms with Gasteiger partial charge >= 0.3 is 5.69 Å². The molecule has 2 rings (SSSR count). The maximum atomic E-state index is 13.4.